The van der Waals surface area contributed by atoms with Gasteiger partial charge in [-0.15, -0.1) is 0 Å². The Bertz CT molecular complexity index is 2980. The zero-order valence-electron chi connectivity index (χ0n) is 33.0. The predicted octanol–water partition coefficient (Wildman–Crippen LogP) is -9.98. The Morgan fingerprint density at radius 1 is 0.565 bits per heavy atom. The number of carbonyl (C=O) groups is 4. The standard InChI is InChI=1S/C35H26N6O14S3.4Na/c1-17-12-24(56(47,48)49)8-11-27(17)39-41-31-29(58(53,54)55)16-20-14-23(7-10-26(20)33(31)43)37-35(46)36-22-6-9-25-19(13-22)15-28(57(50,51)52)30(32(25)42)40-38-21-4-2-18(3-5-21)34(44)45;;;;/h2-16,38-39H,1H3,(H,44,45)(H2,36,37,46)(H,47,48,49)(H,50,51,52)(H,53,54,55);;;;/q;4*+1/p-4/b40-30-,41-31+;;;;. The molecule has 2 amide bonds. The Morgan fingerprint density at radius 3 is 1.40 bits per heavy atom. The van der Waals surface area contributed by atoms with Crippen molar-refractivity contribution in [3.05, 3.63) is 122 Å². The Labute approximate surface area is 441 Å². The second kappa shape index (κ2) is 21.9. The van der Waals surface area contributed by atoms with Gasteiger partial charge in [-0.25, -0.2) is 30.0 Å². The summed E-state index contributed by atoms with van der Waals surface area (Å²) in [6.07, 6.45) is 1.73. The minimum atomic E-state index is -5.33. The molecular formula is C35H22N6Na4O14S3. The van der Waals surface area contributed by atoms with Crippen LogP contribution in [-0.4, -0.2) is 73.9 Å². The van der Waals surface area contributed by atoms with E-state index in [1.165, 1.54) is 55.5 Å². The van der Waals surface area contributed by atoms with Gasteiger partial charge in [0.2, 0.25) is 11.6 Å². The number of fused-ring (bicyclic) bond motifs is 2. The molecule has 0 saturated carbocycles. The summed E-state index contributed by atoms with van der Waals surface area (Å²) in [7, 11) is -15.4. The van der Waals surface area contributed by atoms with E-state index in [0.29, 0.717) is 0 Å². The van der Waals surface area contributed by atoms with Crippen LogP contribution in [0.1, 0.15) is 47.8 Å². The molecule has 4 aromatic rings. The molecule has 0 aromatic heterocycles. The van der Waals surface area contributed by atoms with Crippen LogP contribution in [0.15, 0.2) is 104 Å². The molecule has 27 heteroatoms. The van der Waals surface area contributed by atoms with Crippen molar-refractivity contribution < 1.29 is 181 Å². The number of urea groups is 1. The third kappa shape index (κ3) is 12.9. The van der Waals surface area contributed by atoms with Crippen molar-refractivity contribution in [1.82, 2.24) is 0 Å². The third-order valence-electron chi connectivity index (χ3n) is 8.31. The van der Waals surface area contributed by atoms with Crippen LogP contribution in [0.25, 0.3) is 12.2 Å². The van der Waals surface area contributed by atoms with Crippen LogP contribution in [0.3, 0.4) is 0 Å². The molecule has 298 valence electrons. The van der Waals surface area contributed by atoms with Crippen LogP contribution in [0.4, 0.5) is 27.5 Å². The van der Waals surface area contributed by atoms with E-state index in [0.717, 1.165) is 42.5 Å². The van der Waals surface area contributed by atoms with E-state index in [9.17, 15) is 63.2 Å². The smallest absolute Gasteiger partial charge is 0.744 e. The van der Waals surface area contributed by atoms with Gasteiger partial charge in [0.05, 0.1) is 32.0 Å². The van der Waals surface area contributed by atoms with Gasteiger partial charge in [-0.3, -0.25) is 20.4 Å². The number of ketones is 2. The molecule has 4 aromatic carbocycles. The summed E-state index contributed by atoms with van der Waals surface area (Å²) in [5.41, 5.74) is 3.12. The predicted molar refractivity (Wildman–Crippen MR) is 202 cm³/mol. The zero-order valence-corrected chi connectivity index (χ0v) is 43.4. The number of aryl methyl sites for hydroxylation is 1. The van der Waals surface area contributed by atoms with Gasteiger partial charge >= 0.3 is 124 Å². The first kappa shape index (κ1) is 55.2. The molecule has 2 aliphatic rings. The summed E-state index contributed by atoms with van der Waals surface area (Å²) in [4.78, 5) is 48.1. The monoisotopic (exact) mass is 938 g/mol. The Balaban J connectivity index is 0.00000331. The van der Waals surface area contributed by atoms with Crippen LogP contribution in [0.5, 0.6) is 0 Å². The first-order valence-electron chi connectivity index (χ1n) is 16.0. The number of carbonyl (C=O) groups excluding carboxylic acids is 4. The molecule has 0 fully saturated rings. The normalized spacial score (nSPS) is 14.5. The van der Waals surface area contributed by atoms with Crippen molar-refractivity contribution in [3.63, 3.8) is 0 Å². The molecule has 62 heavy (non-hydrogen) atoms. The van der Waals surface area contributed by atoms with Gasteiger partial charge in [-0.05, 0) is 108 Å². The summed E-state index contributed by atoms with van der Waals surface area (Å²) in [5.74, 6) is -3.42. The summed E-state index contributed by atoms with van der Waals surface area (Å²) >= 11 is 0. The van der Waals surface area contributed by atoms with Gasteiger partial charge in [0.25, 0.3) is 0 Å². The molecule has 0 spiro atoms. The number of hydrogen-bond donors (Lipinski definition) is 4. The first-order valence-corrected chi connectivity index (χ1v) is 20.2. The van der Waals surface area contributed by atoms with E-state index in [1.54, 1.807) is 0 Å². The third-order valence-corrected chi connectivity index (χ3v) is 10.8. The van der Waals surface area contributed by atoms with Crippen molar-refractivity contribution in [2.75, 3.05) is 21.5 Å². The molecule has 2 aliphatic carbocycles. The average molecular weight is 939 g/mol. The molecule has 0 radical (unpaired) electrons. The van der Waals surface area contributed by atoms with Crippen molar-refractivity contribution in [2.45, 2.75) is 11.8 Å². The minimum absolute atomic E-state index is 0. The van der Waals surface area contributed by atoms with Crippen molar-refractivity contribution in [2.24, 2.45) is 10.2 Å². The number of aromatic carboxylic acids is 1. The van der Waals surface area contributed by atoms with Crippen LogP contribution >= 0.6 is 0 Å². The maximum absolute atomic E-state index is 13.4. The first-order chi connectivity index (χ1) is 27.1. The average Bonchev–Trinajstić information content (AvgIpc) is 3.13. The van der Waals surface area contributed by atoms with Gasteiger partial charge in [0.1, 0.15) is 41.8 Å². The number of allylic oxidation sites excluding steroid dienone is 2. The fourth-order valence-corrected chi connectivity index (χ4v) is 7.40. The molecule has 0 unspecified atom stereocenters. The van der Waals surface area contributed by atoms with E-state index in [1.807, 2.05) is 0 Å². The molecule has 6 rings (SSSR count). The fourth-order valence-electron chi connectivity index (χ4n) is 5.55. The summed E-state index contributed by atoms with van der Waals surface area (Å²) in [6.45, 7) is 1.40. The van der Waals surface area contributed by atoms with Crippen molar-refractivity contribution >= 4 is 100 Å². The van der Waals surface area contributed by atoms with E-state index in [2.05, 4.69) is 31.7 Å². The van der Waals surface area contributed by atoms with Gasteiger partial charge in [0, 0.05) is 22.5 Å². The Hall–Kier alpha value is -2.89. The van der Waals surface area contributed by atoms with Gasteiger partial charge in [0.15, 0.2) is 0 Å². The molecule has 4 N–H and O–H groups in total. The quantitative estimate of drug-likeness (QED) is 0.0652. The number of nitrogens with one attached hydrogen (secondary N) is 4. The SMILES string of the molecule is Cc1cc(S(=O)(=O)[O-])ccc1N/N=C1/C(=O)c2ccc(NC(=O)Nc3ccc4c(c3)C=C(S(=O)(=O)[O-])/C(=N/Nc3ccc(C(=O)[O-])cc3)C4=O)cc2C=C1S(=O)(=O)[O-].[Na+].[Na+].[Na+].[Na+]. The Kier molecular flexibility index (Phi) is 19.5. The molecule has 0 bridgehead atoms. The number of carboxylic acid groups (broad SMARTS) is 1. The van der Waals surface area contributed by atoms with Crippen LogP contribution in [-0.2, 0) is 30.4 Å². The molecule has 0 aliphatic heterocycles. The Morgan fingerprint density at radius 2 is 1.00 bits per heavy atom. The number of anilines is 4. The topological polar surface area (TPSA) is 336 Å². The number of hydrazone groups is 2. The molecule has 0 saturated heterocycles. The number of hydrogen-bond acceptors (Lipinski definition) is 18. The summed E-state index contributed by atoms with van der Waals surface area (Å²) < 4.78 is 107. The number of Topliss-reactive ketones (excluding diaryl/α,β-unsaturated/α-hetero) is 2. The number of benzene rings is 4. The molecule has 0 heterocycles. The van der Waals surface area contributed by atoms with E-state index >= 15 is 0 Å². The number of nitrogens with zero attached hydrogens (tertiary/aromatic N) is 2. The largest absolute Gasteiger partial charge is 1.00 e. The maximum atomic E-state index is 13.4. The van der Waals surface area contributed by atoms with Crippen LogP contribution < -0.4 is 145 Å². The van der Waals surface area contributed by atoms with E-state index < -0.39 is 80.1 Å². The van der Waals surface area contributed by atoms with Gasteiger partial charge in [-0.2, -0.15) is 10.2 Å². The summed E-state index contributed by atoms with van der Waals surface area (Å²) in [6, 6.07) is 14.4. The van der Waals surface area contributed by atoms with E-state index in [-0.39, 0.29) is 174 Å². The number of amides is 2. The van der Waals surface area contributed by atoms with Crippen molar-refractivity contribution in [3.8, 4) is 0 Å². The van der Waals surface area contributed by atoms with Gasteiger partial charge < -0.3 is 34.2 Å². The van der Waals surface area contributed by atoms with Gasteiger partial charge in [-0.1, -0.05) is 12.1 Å². The number of carboxylic acids is 1. The summed E-state index contributed by atoms with van der Waals surface area (Å²) in [5, 5.41) is 23.4. The number of rotatable bonds is 10. The zero-order chi connectivity index (χ0) is 42.3. The fraction of sp³-hybridized carbons (Fsp3) is 0.0286. The minimum Gasteiger partial charge on any atom is -0.744 e. The van der Waals surface area contributed by atoms with Crippen LogP contribution in [0, 0.1) is 6.92 Å². The molecular weight excluding hydrogens is 917 g/mol. The van der Waals surface area contributed by atoms with Crippen LogP contribution in [0.2, 0.25) is 0 Å². The molecule has 0 atom stereocenters. The second-order valence-electron chi connectivity index (χ2n) is 12.2. The van der Waals surface area contributed by atoms with E-state index in [4.69, 9.17) is 0 Å². The maximum Gasteiger partial charge on any atom is 1.00 e. The van der Waals surface area contributed by atoms with Crippen molar-refractivity contribution in [1.29, 1.82) is 0 Å². The molecule has 20 nitrogen and oxygen atoms in total. The second-order valence-corrected chi connectivity index (χ2v) is 16.3.